The highest BCUT2D eigenvalue weighted by atomic mass is 16.5. The molecule has 1 aromatic heterocycles. The third-order valence-corrected chi connectivity index (χ3v) is 5.60. The molecule has 1 amide bonds. The molecule has 0 spiro atoms. The van der Waals surface area contributed by atoms with E-state index in [1.165, 1.54) is 11.1 Å². The molecule has 2 aromatic carbocycles. The van der Waals surface area contributed by atoms with Crippen LogP contribution in [0.3, 0.4) is 0 Å². The molecule has 0 saturated heterocycles. The number of nitrogens with one attached hydrogen (secondary N) is 1. The zero-order chi connectivity index (χ0) is 22.2. The summed E-state index contributed by atoms with van der Waals surface area (Å²) in [5.74, 6) is 2.27. The maximum Gasteiger partial charge on any atom is 0.222 e. The molecule has 0 aliphatic carbocycles. The van der Waals surface area contributed by atoms with Gasteiger partial charge in [-0.1, -0.05) is 50.6 Å². The first-order valence-electron chi connectivity index (χ1n) is 11.4. The van der Waals surface area contributed by atoms with Crippen molar-refractivity contribution < 1.29 is 9.53 Å². The number of amides is 1. The first-order valence-corrected chi connectivity index (χ1v) is 11.4. The van der Waals surface area contributed by atoms with E-state index in [2.05, 4.69) is 60.1 Å². The van der Waals surface area contributed by atoms with Crippen LogP contribution >= 0.6 is 0 Å². The second-order valence-corrected chi connectivity index (χ2v) is 8.49. The van der Waals surface area contributed by atoms with Crippen LogP contribution in [0.15, 0.2) is 42.5 Å². The number of benzene rings is 2. The van der Waals surface area contributed by atoms with Crippen molar-refractivity contribution in [1.82, 2.24) is 14.9 Å². The number of para-hydroxylation sites is 3. The van der Waals surface area contributed by atoms with E-state index in [4.69, 9.17) is 9.72 Å². The number of aromatic nitrogens is 2. The minimum absolute atomic E-state index is 0.0468. The molecular weight excluding hydrogens is 386 g/mol. The Morgan fingerprint density at radius 2 is 1.77 bits per heavy atom. The summed E-state index contributed by atoms with van der Waals surface area (Å²) in [6.45, 7) is 10.1. The van der Waals surface area contributed by atoms with Crippen LogP contribution < -0.4 is 10.1 Å². The molecule has 0 fully saturated rings. The van der Waals surface area contributed by atoms with Gasteiger partial charge in [0.2, 0.25) is 5.91 Å². The van der Waals surface area contributed by atoms with Crippen LogP contribution in [0.5, 0.6) is 5.75 Å². The molecule has 166 valence electrons. The number of carbonyl (C=O) groups excluding carboxylic acids is 1. The lowest BCUT2D eigenvalue weighted by Gasteiger charge is -2.14. The maximum atomic E-state index is 11.6. The Bertz CT molecular complexity index is 987. The van der Waals surface area contributed by atoms with E-state index >= 15 is 0 Å². The zero-order valence-corrected chi connectivity index (χ0v) is 19.3. The van der Waals surface area contributed by atoms with Gasteiger partial charge in [0.15, 0.2) is 0 Å². The van der Waals surface area contributed by atoms with Gasteiger partial charge in [-0.15, -0.1) is 0 Å². The van der Waals surface area contributed by atoms with Crippen LogP contribution in [-0.2, 0) is 17.8 Å². The van der Waals surface area contributed by atoms with Crippen LogP contribution in [-0.4, -0.2) is 28.6 Å². The number of ether oxygens (including phenoxy) is 1. The van der Waals surface area contributed by atoms with Crippen molar-refractivity contribution in [2.45, 2.75) is 59.9 Å². The van der Waals surface area contributed by atoms with Gasteiger partial charge in [-0.25, -0.2) is 4.98 Å². The molecule has 0 atom stereocenters. The summed E-state index contributed by atoms with van der Waals surface area (Å²) in [6, 6.07) is 14.5. The molecule has 0 radical (unpaired) electrons. The first-order chi connectivity index (χ1) is 15.0. The van der Waals surface area contributed by atoms with Crippen molar-refractivity contribution in [3.63, 3.8) is 0 Å². The van der Waals surface area contributed by atoms with Crippen LogP contribution in [0.1, 0.15) is 50.1 Å². The largest absolute Gasteiger partial charge is 0.491 e. The second kappa shape index (κ2) is 11.0. The van der Waals surface area contributed by atoms with Gasteiger partial charge in [0.1, 0.15) is 18.2 Å². The Hall–Kier alpha value is -2.82. The van der Waals surface area contributed by atoms with Gasteiger partial charge in [0.25, 0.3) is 0 Å². The smallest absolute Gasteiger partial charge is 0.222 e. The molecule has 5 nitrogen and oxygen atoms in total. The summed E-state index contributed by atoms with van der Waals surface area (Å²) in [4.78, 5) is 16.5. The number of unbranched alkanes of at least 4 members (excludes halogenated alkanes) is 2. The molecule has 0 bridgehead atoms. The van der Waals surface area contributed by atoms with Gasteiger partial charge in [-0.05, 0) is 49.9 Å². The summed E-state index contributed by atoms with van der Waals surface area (Å²) in [7, 11) is 0. The van der Waals surface area contributed by atoms with Gasteiger partial charge < -0.3 is 14.6 Å². The summed E-state index contributed by atoms with van der Waals surface area (Å²) >= 11 is 0. The van der Waals surface area contributed by atoms with Gasteiger partial charge in [-0.2, -0.15) is 0 Å². The number of carbonyl (C=O) groups is 1. The van der Waals surface area contributed by atoms with Crippen LogP contribution in [0.2, 0.25) is 0 Å². The van der Waals surface area contributed by atoms with Crippen molar-refractivity contribution in [1.29, 1.82) is 0 Å². The Kier molecular flexibility index (Phi) is 8.10. The Morgan fingerprint density at radius 3 is 2.52 bits per heavy atom. The van der Waals surface area contributed by atoms with E-state index in [-0.39, 0.29) is 11.8 Å². The number of hydrogen-bond donors (Lipinski definition) is 1. The van der Waals surface area contributed by atoms with Gasteiger partial charge in [-0.3, -0.25) is 4.79 Å². The number of fused-ring (bicyclic) bond motifs is 1. The van der Waals surface area contributed by atoms with Gasteiger partial charge >= 0.3 is 0 Å². The summed E-state index contributed by atoms with van der Waals surface area (Å²) in [5, 5.41) is 2.99. The normalized spacial score (nSPS) is 11.3. The van der Waals surface area contributed by atoms with E-state index in [1.807, 2.05) is 19.9 Å². The topological polar surface area (TPSA) is 56.1 Å². The van der Waals surface area contributed by atoms with Crippen molar-refractivity contribution >= 4 is 16.9 Å². The van der Waals surface area contributed by atoms with Gasteiger partial charge in [0, 0.05) is 18.9 Å². The Balaban J connectivity index is 1.58. The molecule has 0 saturated carbocycles. The fourth-order valence-electron chi connectivity index (χ4n) is 3.83. The quantitative estimate of drug-likeness (QED) is 0.432. The number of rotatable bonds is 11. The molecule has 3 rings (SSSR count). The van der Waals surface area contributed by atoms with E-state index < -0.39 is 0 Å². The lowest BCUT2D eigenvalue weighted by Crippen LogP contribution is -2.28. The molecule has 0 aliphatic rings. The number of imidazole rings is 1. The Morgan fingerprint density at radius 1 is 1.03 bits per heavy atom. The molecule has 0 aliphatic heterocycles. The highest BCUT2D eigenvalue weighted by Crippen LogP contribution is 2.23. The predicted molar refractivity (Wildman–Crippen MR) is 127 cm³/mol. The standard InChI is InChI=1S/C26H35N3O2/c1-19(2)26(30)27-16-9-5-6-15-24-28-22-13-7-8-14-23(22)29(24)17-18-31-25-20(3)11-10-12-21(25)4/h7-8,10-14,19H,5-6,9,15-18H2,1-4H3,(H,27,30). The van der Waals surface area contributed by atoms with E-state index in [9.17, 15) is 4.79 Å². The maximum absolute atomic E-state index is 11.6. The third kappa shape index (κ3) is 6.09. The molecule has 31 heavy (non-hydrogen) atoms. The minimum Gasteiger partial charge on any atom is -0.491 e. The second-order valence-electron chi connectivity index (χ2n) is 8.49. The van der Waals surface area contributed by atoms with Crippen molar-refractivity contribution in [2.75, 3.05) is 13.2 Å². The van der Waals surface area contributed by atoms with Crippen LogP contribution in [0.4, 0.5) is 0 Å². The Labute approximate surface area is 185 Å². The molecule has 1 heterocycles. The van der Waals surface area contributed by atoms with E-state index in [0.717, 1.165) is 61.4 Å². The molecule has 3 aromatic rings. The fourth-order valence-corrected chi connectivity index (χ4v) is 3.83. The summed E-state index contributed by atoms with van der Waals surface area (Å²) < 4.78 is 8.45. The lowest BCUT2D eigenvalue weighted by molar-refractivity contribution is -0.123. The fraction of sp³-hybridized carbons (Fsp3) is 0.462. The number of hydrogen-bond acceptors (Lipinski definition) is 3. The van der Waals surface area contributed by atoms with Crippen molar-refractivity contribution in [3.05, 3.63) is 59.4 Å². The van der Waals surface area contributed by atoms with E-state index in [0.29, 0.717) is 6.61 Å². The molecule has 0 unspecified atom stereocenters. The summed E-state index contributed by atoms with van der Waals surface area (Å²) in [6.07, 6.45) is 4.05. The highest BCUT2D eigenvalue weighted by molar-refractivity contribution is 5.77. The van der Waals surface area contributed by atoms with Crippen molar-refractivity contribution in [3.8, 4) is 5.75 Å². The zero-order valence-electron chi connectivity index (χ0n) is 19.3. The number of nitrogens with zero attached hydrogens (tertiary/aromatic N) is 2. The SMILES string of the molecule is Cc1cccc(C)c1OCCn1c(CCCCCNC(=O)C(C)C)nc2ccccc21. The molecule has 5 heteroatoms. The van der Waals surface area contributed by atoms with E-state index in [1.54, 1.807) is 0 Å². The van der Waals surface area contributed by atoms with Crippen LogP contribution in [0, 0.1) is 19.8 Å². The monoisotopic (exact) mass is 421 g/mol. The minimum atomic E-state index is 0.0468. The lowest BCUT2D eigenvalue weighted by atomic mass is 10.1. The van der Waals surface area contributed by atoms with Crippen molar-refractivity contribution in [2.24, 2.45) is 5.92 Å². The predicted octanol–water partition coefficient (Wildman–Crippen LogP) is 5.22. The molecule has 1 N–H and O–H groups in total. The third-order valence-electron chi connectivity index (χ3n) is 5.60. The highest BCUT2D eigenvalue weighted by Gasteiger charge is 2.11. The van der Waals surface area contributed by atoms with Gasteiger partial charge in [0.05, 0.1) is 17.6 Å². The molecular formula is C26H35N3O2. The first kappa shape index (κ1) is 22.9. The summed E-state index contributed by atoms with van der Waals surface area (Å²) in [5.41, 5.74) is 4.53. The van der Waals surface area contributed by atoms with Crippen LogP contribution in [0.25, 0.3) is 11.0 Å². The average molecular weight is 422 g/mol. The number of aryl methyl sites for hydroxylation is 3. The average Bonchev–Trinajstić information content (AvgIpc) is 3.10.